The third-order valence-corrected chi connectivity index (χ3v) is 3.35. The molecule has 4 heteroatoms. The molecule has 1 N–H and O–H groups in total. The molecule has 2 heterocycles. The summed E-state index contributed by atoms with van der Waals surface area (Å²) in [6.07, 6.45) is 3.87. The van der Waals surface area contributed by atoms with Crippen LogP contribution in [0.1, 0.15) is 35.8 Å². The van der Waals surface area contributed by atoms with Crippen LogP contribution in [0.3, 0.4) is 0 Å². The molecule has 1 aliphatic heterocycles. The predicted octanol–water partition coefficient (Wildman–Crippen LogP) is 2.06. The lowest BCUT2D eigenvalue weighted by Crippen LogP contribution is -2.34. The van der Waals surface area contributed by atoms with E-state index in [2.05, 4.69) is 17.2 Å². The number of aromatic nitrogens is 1. The zero-order valence-corrected chi connectivity index (χ0v) is 10.7. The summed E-state index contributed by atoms with van der Waals surface area (Å²) in [5.74, 6) is 0.0897. The van der Waals surface area contributed by atoms with Gasteiger partial charge in [0.25, 0.3) is 5.91 Å². The Hall–Kier alpha value is -1.58. The number of likely N-dealkylation sites (tertiary alicyclic amines) is 1. The van der Waals surface area contributed by atoms with Crippen molar-refractivity contribution in [2.24, 2.45) is 0 Å². The van der Waals surface area contributed by atoms with Crippen molar-refractivity contribution in [3.05, 3.63) is 23.5 Å². The molecule has 1 aliphatic rings. The number of pyridine rings is 1. The molecule has 1 fully saturated rings. The number of hydrogen-bond acceptors (Lipinski definition) is 3. The van der Waals surface area contributed by atoms with Crippen molar-refractivity contribution in [2.45, 2.75) is 32.7 Å². The molecule has 1 amide bonds. The van der Waals surface area contributed by atoms with E-state index >= 15 is 0 Å². The maximum absolute atomic E-state index is 12.4. The van der Waals surface area contributed by atoms with Gasteiger partial charge in [0.15, 0.2) is 0 Å². The fourth-order valence-electron chi connectivity index (χ4n) is 2.33. The van der Waals surface area contributed by atoms with Crippen molar-refractivity contribution in [3.63, 3.8) is 0 Å². The average Bonchev–Trinajstić information content (AvgIpc) is 2.74. The predicted molar refractivity (Wildman–Crippen MR) is 68.3 cm³/mol. The van der Waals surface area contributed by atoms with E-state index in [4.69, 9.17) is 0 Å². The summed E-state index contributed by atoms with van der Waals surface area (Å²) < 4.78 is 0. The maximum Gasteiger partial charge on any atom is 0.257 e. The molecule has 1 atom stereocenters. The molecule has 4 nitrogen and oxygen atoms in total. The van der Waals surface area contributed by atoms with Gasteiger partial charge in [-0.25, -0.2) is 0 Å². The molecule has 0 aromatic carbocycles. The topological polar surface area (TPSA) is 45.2 Å². The van der Waals surface area contributed by atoms with Gasteiger partial charge in [-0.05, 0) is 32.8 Å². The first kappa shape index (κ1) is 11.9. The molecule has 17 heavy (non-hydrogen) atoms. The summed E-state index contributed by atoms with van der Waals surface area (Å²) in [7, 11) is 1.83. The van der Waals surface area contributed by atoms with Gasteiger partial charge in [0.2, 0.25) is 0 Å². The van der Waals surface area contributed by atoms with Crippen molar-refractivity contribution in [1.29, 1.82) is 0 Å². The normalized spacial score (nSPS) is 19.5. The Labute approximate surface area is 102 Å². The molecule has 0 aliphatic carbocycles. The van der Waals surface area contributed by atoms with E-state index in [9.17, 15) is 4.79 Å². The van der Waals surface area contributed by atoms with Crippen LogP contribution in [0.4, 0.5) is 5.69 Å². The molecule has 2 rings (SSSR count). The largest absolute Gasteiger partial charge is 0.387 e. The van der Waals surface area contributed by atoms with E-state index in [0.717, 1.165) is 30.8 Å². The van der Waals surface area contributed by atoms with E-state index in [1.807, 2.05) is 24.9 Å². The van der Waals surface area contributed by atoms with Crippen molar-refractivity contribution < 1.29 is 4.79 Å². The van der Waals surface area contributed by atoms with Crippen LogP contribution in [0.5, 0.6) is 0 Å². The number of aryl methyl sites for hydroxylation is 1. The van der Waals surface area contributed by atoms with Crippen molar-refractivity contribution in [2.75, 3.05) is 18.9 Å². The highest BCUT2D eigenvalue weighted by molar-refractivity contribution is 5.99. The van der Waals surface area contributed by atoms with Gasteiger partial charge in [0, 0.05) is 31.5 Å². The number of anilines is 1. The first-order valence-corrected chi connectivity index (χ1v) is 6.09. The minimum absolute atomic E-state index is 0.0897. The number of nitrogens with one attached hydrogen (secondary N) is 1. The fourth-order valence-corrected chi connectivity index (χ4v) is 2.33. The number of amides is 1. The molecule has 0 spiro atoms. The summed E-state index contributed by atoms with van der Waals surface area (Å²) in [5.41, 5.74) is 2.45. The van der Waals surface area contributed by atoms with Crippen LogP contribution in [0.15, 0.2) is 12.3 Å². The second-order valence-corrected chi connectivity index (χ2v) is 4.61. The Morgan fingerprint density at radius 2 is 2.35 bits per heavy atom. The van der Waals surface area contributed by atoms with E-state index in [1.165, 1.54) is 0 Å². The summed E-state index contributed by atoms with van der Waals surface area (Å²) in [4.78, 5) is 18.5. The van der Waals surface area contributed by atoms with Crippen LogP contribution in [-0.4, -0.2) is 35.4 Å². The van der Waals surface area contributed by atoms with Gasteiger partial charge in [0.05, 0.1) is 11.3 Å². The zero-order valence-electron chi connectivity index (χ0n) is 10.7. The Bertz CT molecular complexity index is 431. The van der Waals surface area contributed by atoms with Crippen molar-refractivity contribution >= 4 is 11.6 Å². The Balaban J connectivity index is 2.30. The third kappa shape index (κ3) is 2.25. The van der Waals surface area contributed by atoms with Crippen LogP contribution in [0.25, 0.3) is 0 Å². The first-order valence-electron chi connectivity index (χ1n) is 6.09. The molecule has 0 bridgehead atoms. The van der Waals surface area contributed by atoms with Gasteiger partial charge in [0.1, 0.15) is 0 Å². The molecule has 1 saturated heterocycles. The highest BCUT2D eigenvalue weighted by Gasteiger charge is 2.27. The van der Waals surface area contributed by atoms with Crippen LogP contribution in [0, 0.1) is 6.92 Å². The van der Waals surface area contributed by atoms with E-state index in [0.29, 0.717) is 11.6 Å². The second-order valence-electron chi connectivity index (χ2n) is 4.61. The molecule has 92 valence electrons. The minimum atomic E-state index is 0.0897. The summed E-state index contributed by atoms with van der Waals surface area (Å²) in [6, 6.07) is 2.25. The van der Waals surface area contributed by atoms with Gasteiger partial charge >= 0.3 is 0 Å². The maximum atomic E-state index is 12.4. The number of hydrogen-bond donors (Lipinski definition) is 1. The van der Waals surface area contributed by atoms with Crippen molar-refractivity contribution in [3.8, 4) is 0 Å². The highest BCUT2D eigenvalue weighted by atomic mass is 16.2. The highest BCUT2D eigenvalue weighted by Crippen LogP contribution is 2.23. The number of rotatable bonds is 2. The lowest BCUT2D eigenvalue weighted by atomic mass is 10.1. The Kier molecular flexibility index (Phi) is 3.31. The first-order chi connectivity index (χ1) is 8.13. The van der Waals surface area contributed by atoms with Gasteiger partial charge in [-0.2, -0.15) is 0 Å². The van der Waals surface area contributed by atoms with Crippen LogP contribution < -0.4 is 5.32 Å². The lowest BCUT2D eigenvalue weighted by molar-refractivity contribution is 0.0748. The van der Waals surface area contributed by atoms with Crippen LogP contribution in [0.2, 0.25) is 0 Å². The molecule has 0 saturated carbocycles. The van der Waals surface area contributed by atoms with E-state index < -0.39 is 0 Å². The van der Waals surface area contributed by atoms with Crippen LogP contribution in [-0.2, 0) is 0 Å². The molecular formula is C13H19N3O. The Morgan fingerprint density at radius 3 is 2.94 bits per heavy atom. The summed E-state index contributed by atoms with van der Waals surface area (Å²) in [6.45, 7) is 4.89. The summed E-state index contributed by atoms with van der Waals surface area (Å²) >= 11 is 0. The van der Waals surface area contributed by atoms with E-state index in [1.54, 1.807) is 6.20 Å². The van der Waals surface area contributed by atoms with E-state index in [-0.39, 0.29) is 5.91 Å². The van der Waals surface area contributed by atoms with Crippen LogP contribution >= 0.6 is 0 Å². The number of carbonyl (C=O) groups excluding carboxylic acids is 1. The minimum Gasteiger partial charge on any atom is -0.387 e. The summed E-state index contributed by atoms with van der Waals surface area (Å²) in [5, 5.41) is 3.07. The molecule has 0 radical (unpaired) electrons. The van der Waals surface area contributed by atoms with Crippen molar-refractivity contribution in [1.82, 2.24) is 9.88 Å². The van der Waals surface area contributed by atoms with Gasteiger partial charge in [-0.3, -0.25) is 9.78 Å². The molecular weight excluding hydrogens is 214 g/mol. The molecule has 1 aromatic heterocycles. The molecule has 1 aromatic rings. The smallest absolute Gasteiger partial charge is 0.257 e. The van der Waals surface area contributed by atoms with Gasteiger partial charge in [-0.15, -0.1) is 0 Å². The average molecular weight is 233 g/mol. The fraction of sp³-hybridized carbons (Fsp3) is 0.538. The third-order valence-electron chi connectivity index (χ3n) is 3.35. The van der Waals surface area contributed by atoms with Gasteiger partial charge < -0.3 is 10.2 Å². The number of carbonyl (C=O) groups is 1. The number of nitrogens with zero attached hydrogens (tertiary/aromatic N) is 2. The lowest BCUT2D eigenvalue weighted by Gasteiger charge is -2.22. The monoisotopic (exact) mass is 233 g/mol. The SMILES string of the molecule is CNc1cc(C)ncc1C(=O)N1CCCC1C. The van der Waals surface area contributed by atoms with Gasteiger partial charge in [-0.1, -0.05) is 0 Å². The second kappa shape index (κ2) is 4.73. The molecule has 1 unspecified atom stereocenters. The zero-order chi connectivity index (χ0) is 12.4. The quantitative estimate of drug-likeness (QED) is 0.850. The standard InChI is InChI=1S/C13H19N3O/c1-9-7-12(14-3)11(8-15-9)13(17)16-6-4-5-10(16)2/h7-8,10H,4-6H2,1-3H3,(H,14,15). The Morgan fingerprint density at radius 1 is 1.59 bits per heavy atom.